The molecule has 0 bridgehead atoms. The minimum atomic E-state index is 0.637. The van der Waals surface area contributed by atoms with Gasteiger partial charge in [-0.3, -0.25) is 0 Å². The van der Waals surface area contributed by atoms with E-state index in [-0.39, 0.29) is 0 Å². The second-order valence-corrected chi connectivity index (χ2v) is 16.0. The van der Waals surface area contributed by atoms with Crippen LogP contribution in [0.5, 0.6) is 0 Å². The molecule has 0 saturated heterocycles. The van der Waals surface area contributed by atoms with Gasteiger partial charge in [0.05, 0.1) is 27.8 Å². The fourth-order valence-corrected chi connectivity index (χ4v) is 9.70. The van der Waals surface area contributed by atoms with Crippen molar-refractivity contribution in [3.8, 4) is 45.5 Å². The van der Waals surface area contributed by atoms with Gasteiger partial charge in [-0.1, -0.05) is 164 Å². The second kappa shape index (κ2) is 13.6. The van der Waals surface area contributed by atoms with Gasteiger partial charge in [-0.2, -0.15) is 0 Å². The summed E-state index contributed by atoms with van der Waals surface area (Å²) >= 11 is 0. The number of para-hydroxylation sites is 1. The molecule has 13 aromatic rings. The zero-order valence-corrected chi connectivity index (χ0v) is 33.4. The summed E-state index contributed by atoms with van der Waals surface area (Å²) in [6.45, 7) is 0. The molecule has 0 aliphatic rings. The summed E-state index contributed by atoms with van der Waals surface area (Å²) in [7, 11) is 0. The van der Waals surface area contributed by atoms with Crippen LogP contribution in [0.3, 0.4) is 0 Å². The number of nitrogens with zero attached hydrogens (tertiary/aromatic N) is 5. The van der Waals surface area contributed by atoms with E-state index < -0.39 is 0 Å². The molecule has 10 aromatic carbocycles. The van der Waals surface area contributed by atoms with E-state index >= 15 is 0 Å². The zero-order chi connectivity index (χ0) is 40.7. The minimum absolute atomic E-state index is 0.637. The van der Waals surface area contributed by atoms with Crippen LogP contribution in [-0.4, -0.2) is 24.1 Å². The van der Waals surface area contributed by atoms with Gasteiger partial charge in [-0.25, -0.2) is 15.0 Å². The van der Waals surface area contributed by atoms with Gasteiger partial charge in [0.1, 0.15) is 0 Å². The topological polar surface area (TPSA) is 48.5 Å². The first kappa shape index (κ1) is 34.5. The maximum absolute atomic E-state index is 5.14. The Hall–Kier alpha value is -8.41. The lowest BCUT2D eigenvalue weighted by Gasteiger charge is -2.15. The maximum atomic E-state index is 5.14. The molecule has 5 nitrogen and oxygen atoms in total. The van der Waals surface area contributed by atoms with E-state index in [1.54, 1.807) is 0 Å². The van der Waals surface area contributed by atoms with E-state index in [2.05, 4.69) is 185 Å². The fourth-order valence-electron chi connectivity index (χ4n) is 9.70. The number of aromatic nitrogens is 5. The lowest BCUT2D eigenvalue weighted by atomic mass is 10.0. The third kappa shape index (κ3) is 5.25. The van der Waals surface area contributed by atoms with Crippen LogP contribution in [0.4, 0.5) is 0 Å². The van der Waals surface area contributed by atoms with E-state index in [0.717, 1.165) is 49.9 Å². The Labute approximate surface area is 356 Å². The second-order valence-electron chi connectivity index (χ2n) is 16.0. The predicted molar refractivity (Wildman–Crippen MR) is 257 cm³/mol. The highest BCUT2D eigenvalue weighted by molar-refractivity contribution is 6.25. The molecule has 0 N–H and O–H groups in total. The SMILES string of the molecule is c1ccc(-c2nc(-c3ccccc3)nc(-c3ccc(-n4c5ccccc5c5cc6c(cc54)c4c5ccccc5ccc4n6-c4ccc5ccccc5c4)c4ccccc34)n2)cc1. The van der Waals surface area contributed by atoms with Crippen molar-refractivity contribution in [2.24, 2.45) is 0 Å². The zero-order valence-electron chi connectivity index (χ0n) is 33.4. The van der Waals surface area contributed by atoms with Crippen LogP contribution >= 0.6 is 0 Å². The summed E-state index contributed by atoms with van der Waals surface area (Å²) in [5, 5.41) is 12.0. The van der Waals surface area contributed by atoms with Crippen molar-refractivity contribution in [1.29, 1.82) is 0 Å². The van der Waals surface area contributed by atoms with Crippen molar-refractivity contribution in [3.05, 3.63) is 212 Å². The van der Waals surface area contributed by atoms with Crippen molar-refractivity contribution in [2.45, 2.75) is 0 Å². The van der Waals surface area contributed by atoms with E-state index in [4.69, 9.17) is 15.0 Å². The third-order valence-electron chi connectivity index (χ3n) is 12.5. The Morgan fingerprint density at radius 1 is 0.290 bits per heavy atom. The maximum Gasteiger partial charge on any atom is 0.164 e. The van der Waals surface area contributed by atoms with Gasteiger partial charge in [0.2, 0.25) is 0 Å². The third-order valence-corrected chi connectivity index (χ3v) is 12.5. The number of benzene rings is 10. The van der Waals surface area contributed by atoms with Crippen molar-refractivity contribution < 1.29 is 0 Å². The molecule has 0 fully saturated rings. The van der Waals surface area contributed by atoms with Gasteiger partial charge in [-0.05, 0) is 75.5 Å². The Morgan fingerprint density at radius 2 is 0.855 bits per heavy atom. The lowest BCUT2D eigenvalue weighted by Crippen LogP contribution is -2.01. The van der Waals surface area contributed by atoms with Crippen LogP contribution < -0.4 is 0 Å². The van der Waals surface area contributed by atoms with E-state index in [1.165, 1.54) is 54.1 Å². The predicted octanol–water partition coefficient (Wildman–Crippen LogP) is 14.5. The number of hydrogen-bond acceptors (Lipinski definition) is 3. The minimum Gasteiger partial charge on any atom is -0.309 e. The Bertz CT molecular complexity index is 3860. The molecular formula is C57H35N5. The molecule has 13 rings (SSSR count). The van der Waals surface area contributed by atoms with Crippen molar-refractivity contribution in [1.82, 2.24) is 24.1 Å². The first-order valence-electron chi connectivity index (χ1n) is 21.0. The average Bonchev–Trinajstić information content (AvgIpc) is 3.85. The molecule has 0 saturated carbocycles. The molecule has 62 heavy (non-hydrogen) atoms. The van der Waals surface area contributed by atoms with Crippen LogP contribution in [0, 0.1) is 0 Å². The monoisotopic (exact) mass is 789 g/mol. The summed E-state index contributed by atoms with van der Waals surface area (Å²) in [6.07, 6.45) is 0. The van der Waals surface area contributed by atoms with Crippen LogP contribution in [0.1, 0.15) is 0 Å². The molecule has 5 heteroatoms. The Kier molecular flexibility index (Phi) is 7.54. The van der Waals surface area contributed by atoms with Crippen molar-refractivity contribution >= 4 is 75.9 Å². The van der Waals surface area contributed by atoms with Gasteiger partial charge in [0, 0.05) is 49.3 Å². The molecule has 0 spiro atoms. The normalized spacial score (nSPS) is 11.9. The lowest BCUT2D eigenvalue weighted by molar-refractivity contribution is 1.08. The van der Waals surface area contributed by atoms with Gasteiger partial charge >= 0.3 is 0 Å². The standard InChI is InChI=1S/C57H35N5/c1-3-17-38(18-4-1)55-58-56(39-19-5-2-6-20-39)60-57(59-55)46-30-32-50(44-24-12-11-23-43(44)46)62-49-26-14-13-25-45(49)47-34-53-48(35-52(47)62)54-42-22-10-9-16-37(42)28-31-51(54)61(53)41-29-27-36-15-7-8-21-40(36)33-41/h1-35H. The number of rotatable bonds is 5. The average molecular weight is 790 g/mol. The molecule has 3 heterocycles. The van der Waals surface area contributed by atoms with Crippen molar-refractivity contribution in [2.75, 3.05) is 0 Å². The van der Waals surface area contributed by atoms with Crippen molar-refractivity contribution in [3.63, 3.8) is 0 Å². The Morgan fingerprint density at radius 3 is 1.61 bits per heavy atom. The van der Waals surface area contributed by atoms with E-state index in [9.17, 15) is 0 Å². The molecule has 0 aliphatic carbocycles. The van der Waals surface area contributed by atoms with E-state index in [1.807, 2.05) is 36.4 Å². The smallest absolute Gasteiger partial charge is 0.164 e. The molecule has 0 aliphatic heterocycles. The fraction of sp³-hybridized carbons (Fsp3) is 0. The van der Waals surface area contributed by atoms with Gasteiger partial charge in [0.25, 0.3) is 0 Å². The number of hydrogen-bond donors (Lipinski definition) is 0. The summed E-state index contributed by atoms with van der Waals surface area (Å²) in [4.78, 5) is 15.3. The first-order valence-corrected chi connectivity index (χ1v) is 21.0. The van der Waals surface area contributed by atoms with E-state index in [0.29, 0.717) is 17.5 Å². The largest absolute Gasteiger partial charge is 0.309 e. The summed E-state index contributed by atoms with van der Waals surface area (Å²) in [5.41, 5.74) is 9.76. The summed E-state index contributed by atoms with van der Waals surface area (Å²) < 4.78 is 4.92. The highest BCUT2D eigenvalue weighted by Crippen LogP contribution is 2.43. The quantitative estimate of drug-likeness (QED) is 0.174. The van der Waals surface area contributed by atoms with Gasteiger partial charge in [0.15, 0.2) is 17.5 Å². The highest BCUT2D eigenvalue weighted by atomic mass is 15.0. The van der Waals surface area contributed by atoms with Gasteiger partial charge < -0.3 is 9.13 Å². The Balaban J connectivity index is 1.09. The summed E-state index contributed by atoms with van der Waals surface area (Å²) in [5.74, 6) is 1.92. The molecular weight excluding hydrogens is 755 g/mol. The molecule has 0 amide bonds. The van der Waals surface area contributed by atoms with Crippen LogP contribution in [0.15, 0.2) is 212 Å². The van der Waals surface area contributed by atoms with Crippen LogP contribution in [0.2, 0.25) is 0 Å². The van der Waals surface area contributed by atoms with Gasteiger partial charge in [-0.15, -0.1) is 0 Å². The van der Waals surface area contributed by atoms with Crippen LogP contribution in [0.25, 0.3) is 121 Å². The number of fused-ring (bicyclic) bond motifs is 10. The molecule has 3 aromatic heterocycles. The summed E-state index contributed by atoms with van der Waals surface area (Å²) in [6, 6.07) is 75.8. The molecule has 0 radical (unpaired) electrons. The highest BCUT2D eigenvalue weighted by Gasteiger charge is 2.22. The first-order chi connectivity index (χ1) is 30.7. The van der Waals surface area contributed by atoms with Crippen LogP contribution in [-0.2, 0) is 0 Å². The molecule has 288 valence electrons. The molecule has 0 atom stereocenters. The molecule has 0 unspecified atom stereocenters.